The Morgan fingerprint density at radius 2 is 1.91 bits per heavy atom. The molecule has 0 saturated carbocycles. The SMILES string of the molecule is C/C(N)=C/C(N)=Nc1cc(C)nc(-c2cnc(C(=O)NCc3ccc(C)nc3)c(F)c2)n1. The Labute approximate surface area is 184 Å². The fraction of sp³-hybridized carbons (Fsp3) is 0.182. The quantitative estimate of drug-likeness (QED) is 0.399. The molecule has 164 valence electrons. The molecule has 9 nitrogen and oxygen atoms in total. The van der Waals surface area contributed by atoms with Crippen LogP contribution in [0.15, 0.2) is 53.4 Å². The average molecular weight is 434 g/mol. The molecule has 0 saturated heterocycles. The van der Waals surface area contributed by atoms with Crippen molar-refractivity contribution in [1.29, 1.82) is 0 Å². The van der Waals surface area contributed by atoms with Gasteiger partial charge in [0.25, 0.3) is 5.91 Å². The summed E-state index contributed by atoms with van der Waals surface area (Å²) in [6.45, 7) is 5.50. The van der Waals surface area contributed by atoms with E-state index in [1.165, 1.54) is 12.3 Å². The van der Waals surface area contributed by atoms with E-state index in [1.807, 2.05) is 19.1 Å². The number of nitrogens with two attached hydrogens (primary N) is 2. The number of amidine groups is 1. The molecular weight excluding hydrogens is 411 g/mol. The molecular formula is C22H23FN8O. The molecule has 3 heterocycles. The van der Waals surface area contributed by atoms with Crippen molar-refractivity contribution in [1.82, 2.24) is 25.3 Å². The molecule has 5 N–H and O–H groups in total. The van der Waals surface area contributed by atoms with Gasteiger partial charge in [-0.05, 0) is 44.5 Å². The average Bonchev–Trinajstić information content (AvgIpc) is 2.72. The third-order valence-corrected chi connectivity index (χ3v) is 4.20. The fourth-order valence-corrected chi connectivity index (χ4v) is 2.73. The summed E-state index contributed by atoms with van der Waals surface area (Å²) in [6, 6.07) is 6.45. The molecule has 0 bridgehead atoms. The maximum Gasteiger partial charge on any atom is 0.273 e. The number of nitrogens with zero attached hydrogens (tertiary/aromatic N) is 5. The zero-order valence-electron chi connectivity index (χ0n) is 17.9. The highest BCUT2D eigenvalue weighted by Crippen LogP contribution is 2.21. The largest absolute Gasteiger partial charge is 0.402 e. The number of allylic oxidation sites excluding steroid dienone is 1. The Morgan fingerprint density at radius 1 is 1.12 bits per heavy atom. The number of pyridine rings is 2. The van der Waals surface area contributed by atoms with Crippen LogP contribution in [0.3, 0.4) is 0 Å². The Morgan fingerprint density at radius 3 is 2.56 bits per heavy atom. The number of halogens is 1. The van der Waals surface area contributed by atoms with Crippen LogP contribution in [0.5, 0.6) is 0 Å². The second-order valence-electron chi connectivity index (χ2n) is 7.16. The number of aromatic nitrogens is 4. The van der Waals surface area contributed by atoms with Gasteiger partial charge in [0.1, 0.15) is 5.84 Å². The molecule has 0 aromatic carbocycles. The van der Waals surface area contributed by atoms with Gasteiger partial charge >= 0.3 is 0 Å². The van der Waals surface area contributed by atoms with Gasteiger partial charge in [0, 0.05) is 47.7 Å². The number of aliphatic imine (C=N–C) groups is 1. The van der Waals surface area contributed by atoms with Crippen LogP contribution < -0.4 is 16.8 Å². The van der Waals surface area contributed by atoms with Crippen LogP contribution in [0.1, 0.15) is 34.4 Å². The molecule has 3 rings (SSSR count). The van der Waals surface area contributed by atoms with Gasteiger partial charge in [0.2, 0.25) is 0 Å². The van der Waals surface area contributed by atoms with E-state index >= 15 is 0 Å². The maximum atomic E-state index is 14.7. The lowest BCUT2D eigenvalue weighted by Gasteiger charge is -2.08. The van der Waals surface area contributed by atoms with Crippen LogP contribution in [0.25, 0.3) is 11.4 Å². The van der Waals surface area contributed by atoms with Gasteiger partial charge in [-0.25, -0.2) is 24.3 Å². The van der Waals surface area contributed by atoms with E-state index in [9.17, 15) is 9.18 Å². The third-order valence-electron chi connectivity index (χ3n) is 4.20. The molecule has 3 aromatic rings. The van der Waals surface area contributed by atoms with Crippen LogP contribution in [-0.4, -0.2) is 31.7 Å². The van der Waals surface area contributed by atoms with E-state index in [4.69, 9.17) is 11.5 Å². The molecule has 0 unspecified atom stereocenters. The first kappa shape index (κ1) is 22.5. The number of carbonyl (C=O) groups is 1. The Hall–Kier alpha value is -4.21. The molecule has 32 heavy (non-hydrogen) atoms. The van der Waals surface area contributed by atoms with Crippen molar-refractivity contribution >= 4 is 17.6 Å². The lowest BCUT2D eigenvalue weighted by Crippen LogP contribution is -2.25. The van der Waals surface area contributed by atoms with Gasteiger partial charge in [0.15, 0.2) is 23.2 Å². The van der Waals surface area contributed by atoms with Crippen LogP contribution >= 0.6 is 0 Å². The smallest absolute Gasteiger partial charge is 0.273 e. The summed E-state index contributed by atoms with van der Waals surface area (Å²) in [6.07, 6.45) is 4.48. The van der Waals surface area contributed by atoms with Crippen molar-refractivity contribution in [2.24, 2.45) is 16.5 Å². The lowest BCUT2D eigenvalue weighted by molar-refractivity contribution is 0.0941. The molecule has 0 spiro atoms. The number of rotatable bonds is 6. The second-order valence-corrected chi connectivity index (χ2v) is 7.16. The van der Waals surface area contributed by atoms with Gasteiger partial charge < -0.3 is 16.8 Å². The maximum absolute atomic E-state index is 14.7. The van der Waals surface area contributed by atoms with E-state index in [1.54, 1.807) is 26.1 Å². The highest BCUT2D eigenvalue weighted by Gasteiger charge is 2.16. The van der Waals surface area contributed by atoms with E-state index in [0.29, 0.717) is 17.0 Å². The predicted octanol–water partition coefficient (Wildman–Crippen LogP) is 2.47. The summed E-state index contributed by atoms with van der Waals surface area (Å²) in [5.41, 5.74) is 14.1. The molecule has 3 aromatic heterocycles. The monoisotopic (exact) mass is 434 g/mol. The zero-order valence-corrected chi connectivity index (χ0v) is 17.9. The molecule has 0 fully saturated rings. The minimum Gasteiger partial charge on any atom is -0.402 e. The summed E-state index contributed by atoms with van der Waals surface area (Å²) >= 11 is 0. The first-order chi connectivity index (χ1) is 15.2. The number of amides is 1. The molecule has 10 heteroatoms. The minimum absolute atomic E-state index is 0.175. The van der Waals surface area contributed by atoms with Crippen molar-refractivity contribution in [3.8, 4) is 11.4 Å². The van der Waals surface area contributed by atoms with Crippen LogP contribution in [-0.2, 0) is 6.54 Å². The first-order valence-corrected chi connectivity index (χ1v) is 9.70. The summed E-state index contributed by atoms with van der Waals surface area (Å²) in [5, 5.41) is 2.63. The van der Waals surface area contributed by atoms with Gasteiger partial charge in [-0.2, -0.15) is 0 Å². The fourth-order valence-electron chi connectivity index (χ4n) is 2.73. The molecule has 1 amide bonds. The number of nitrogens with one attached hydrogen (secondary N) is 1. The summed E-state index contributed by atoms with van der Waals surface area (Å²) in [5.74, 6) is -0.764. The molecule has 0 atom stereocenters. The highest BCUT2D eigenvalue weighted by atomic mass is 19.1. The van der Waals surface area contributed by atoms with E-state index in [-0.39, 0.29) is 29.7 Å². The van der Waals surface area contributed by atoms with Gasteiger partial charge in [0.05, 0.1) is 0 Å². The predicted molar refractivity (Wildman–Crippen MR) is 119 cm³/mol. The summed E-state index contributed by atoms with van der Waals surface area (Å²) < 4.78 is 14.7. The molecule has 0 radical (unpaired) electrons. The van der Waals surface area contributed by atoms with Crippen molar-refractivity contribution in [3.63, 3.8) is 0 Å². The third kappa shape index (κ3) is 5.91. The number of carbonyl (C=O) groups excluding carboxylic acids is 1. The number of hydrogen-bond donors (Lipinski definition) is 3. The highest BCUT2D eigenvalue weighted by molar-refractivity contribution is 5.93. The normalized spacial score (nSPS) is 12.0. The summed E-state index contributed by atoms with van der Waals surface area (Å²) in [4.78, 5) is 33.2. The Kier molecular flexibility index (Phi) is 6.83. The van der Waals surface area contributed by atoms with Crippen LogP contribution in [0.4, 0.5) is 10.2 Å². The Balaban J connectivity index is 1.80. The Bertz CT molecular complexity index is 1200. The topological polar surface area (TPSA) is 145 Å². The van der Waals surface area contributed by atoms with Crippen LogP contribution in [0.2, 0.25) is 0 Å². The molecule has 0 aliphatic carbocycles. The number of aryl methyl sites for hydroxylation is 2. The van der Waals surface area contributed by atoms with Gasteiger partial charge in [-0.15, -0.1) is 0 Å². The zero-order chi connectivity index (χ0) is 23.3. The second kappa shape index (κ2) is 9.73. The lowest BCUT2D eigenvalue weighted by atomic mass is 10.2. The van der Waals surface area contributed by atoms with Gasteiger partial charge in [-0.3, -0.25) is 9.78 Å². The van der Waals surface area contributed by atoms with Gasteiger partial charge in [-0.1, -0.05) is 6.07 Å². The standard InChI is InChI=1S/C22H23FN8O/c1-12(24)6-18(25)30-19-7-14(3)29-21(31-19)16-8-17(23)20(27-11-16)22(32)28-10-15-5-4-13(2)26-9-15/h4-9,11H,10,24H2,1-3H3,(H,28,32)(H2,25,29,30,31)/b12-6-. The van der Waals surface area contributed by atoms with Crippen LogP contribution in [0, 0.1) is 19.7 Å². The van der Waals surface area contributed by atoms with Crippen molar-refractivity contribution < 1.29 is 9.18 Å². The van der Waals surface area contributed by atoms with Crippen molar-refractivity contribution in [3.05, 3.63) is 76.9 Å². The van der Waals surface area contributed by atoms with E-state index in [0.717, 1.165) is 17.3 Å². The van der Waals surface area contributed by atoms with Crippen molar-refractivity contribution in [2.75, 3.05) is 0 Å². The molecule has 0 aliphatic rings. The minimum atomic E-state index is -0.793. The van der Waals surface area contributed by atoms with E-state index < -0.39 is 11.7 Å². The van der Waals surface area contributed by atoms with E-state index in [2.05, 4.69) is 30.2 Å². The molecule has 0 aliphatic heterocycles. The number of hydrogen-bond acceptors (Lipinski definition) is 7. The summed E-state index contributed by atoms with van der Waals surface area (Å²) in [7, 11) is 0. The van der Waals surface area contributed by atoms with Crippen molar-refractivity contribution in [2.45, 2.75) is 27.3 Å². The first-order valence-electron chi connectivity index (χ1n) is 9.70.